The molecule has 1 aliphatic rings. The summed E-state index contributed by atoms with van der Waals surface area (Å²) in [5, 5.41) is 10.4. The summed E-state index contributed by atoms with van der Waals surface area (Å²) < 4.78 is 32.0. The van der Waals surface area contributed by atoms with Gasteiger partial charge in [-0.3, -0.25) is 0 Å². The minimum Gasteiger partial charge on any atom is -0.394 e. The second-order valence-corrected chi connectivity index (χ2v) is 10.6. The first-order chi connectivity index (χ1) is 20.3. The highest BCUT2D eigenvalue weighted by Crippen LogP contribution is 2.32. The molecule has 4 rings (SSSR count). The zero-order valence-corrected chi connectivity index (χ0v) is 24.3. The van der Waals surface area contributed by atoms with E-state index < -0.39 is 30.7 Å². The van der Waals surface area contributed by atoms with Crippen molar-refractivity contribution >= 4 is 0 Å². The van der Waals surface area contributed by atoms with Crippen LogP contribution in [-0.4, -0.2) is 49.0 Å². The van der Waals surface area contributed by atoms with E-state index >= 15 is 0 Å². The van der Waals surface area contributed by atoms with Crippen molar-refractivity contribution in [3.63, 3.8) is 0 Å². The van der Waals surface area contributed by atoms with Gasteiger partial charge in [0.25, 0.3) is 0 Å². The Morgan fingerprint density at radius 3 is 1.71 bits per heavy atom. The van der Waals surface area contributed by atoms with Gasteiger partial charge in [-0.15, -0.1) is 0 Å². The standard InChI is InChI=1S/C35H46O6/c1-2-3-4-5-6-16-23-37-35-34(40-27-30-21-14-9-15-22-30)33(39-26-29-19-12-8-13-20-29)32(41-35)31(24-36)38-25-28-17-10-7-11-18-28/h7-15,17-22,31-36H,2-6,16,23-27H2,1H3/t31-,32+,33+,34-,35-/m1/s1. The molecule has 6 heteroatoms. The third-order valence-corrected chi connectivity index (χ3v) is 7.41. The molecule has 0 amide bonds. The summed E-state index contributed by atoms with van der Waals surface area (Å²) in [5.74, 6) is 0. The lowest BCUT2D eigenvalue weighted by Gasteiger charge is -2.28. The van der Waals surface area contributed by atoms with E-state index in [2.05, 4.69) is 6.92 Å². The smallest absolute Gasteiger partial charge is 0.186 e. The molecule has 0 spiro atoms. The van der Waals surface area contributed by atoms with Crippen molar-refractivity contribution in [3.8, 4) is 0 Å². The SMILES string of the molecule is CCCCCCCCO[C@@H]1O[C@@H]([C@@H](CO)OCc2ccccc2)[C@H](OCc2ccccc2)[C@H]1OCc1ccccc1. The van der Waals surface area contributed by atoms with Crippen LogP contribution in [0.1, 0.15) is 62.1 Å². The summed E-state index contributed by atoms with van der Waals surface area (Å²) >= 11 is 0. The molecule has 1 saturated heterocycles. The summed E-state index contributed by atoms with van der Waals surface area (Å²) in [5.41, 5.74) is 3.14. The predicted molar refractivity (Wildman–Crippen MR) is 160 cm³/mol. The molecule has 0 aromatic heterocycles. The van der Waals surface area contributed by atoms with Crippen LogP contribution in [0.15, 0.2) is 91.0 Å². The number of benzene rings is 3. The molecule has 3 aromatic rings. The van der Waals surface area contributed by atoms with Gasteiger partial charge in [0.2, 0.25) is 0 Å². The molecule has 1 heterocycles. The van der Waals surface area contributed by atoms with Crippen LogP contribution in [0.2, 0.25) is 0 Å². The van der Waals surface area contributed by atoms with E-state index in [9.17, 15) is 5.11 Å². The molecule has 0 bridgehead atoms. The number of hydrogen-bond acceptors (Lipinski definition) is 6. The van der Waals surface area contributed by atoms with Gasteiger partial charge in [0.1, 0.15) is 24.4 Å². The molecule has 222 valence electrons. The highest BCUT2D eigenvalue weighted by atomic mass is 16.7. The topological polar surface area (TPSA) is 66.4 Å². The van der Waals surface area contributed by atoms with Crippen molar-refractivity contribution in [1.82, 2.24) is 0 Å². The molecule has 1 N–H and O–H groups in total. The Morgan fingerprint density at radius 2 is 1.15 bits per heavy atom. The number of unbranched alkanes of at least 4 members (excludes halogenated alkanes) is 5. The Balaban J connectivity index is 1.48. The van der Waals surface area contributed by atoms with E-state index in [4.69, 9.17) is 23.7 Å². The van der Waals surface area contributed by atoms with E-state index in [0.29, 0.717) is 26.4 Å². The summed E-state index contributed by atoms with van der Waals surface area (Å²) in [6, 6.07) is 30.1. The first-order valence-electron chi connectivity index (χ1n) is 15.1. The number of hydrogen-bond donors (Lipinski definition) is 1. The fourth-order valence-electron chi connectivity index (χ4n) is 5.09. The van der Waals surface area contributed by atoms with Crippen LogP contribution >= 0.6 is 0 Å². The van der Waals surface area contributed by atoms with Crippen molar-refractivity contribution in [2.24, 2.45) is 0 Å². The molecule has 1 aliphatic heterocycles. The Kier molecular flexibility index (Phi) is 13.8. The molecule has 0 unspecified atom stereocenters. The van der Waals surface area contributed by atoms with Crippen LogP contribution < -0.4 is 0 Å². The first kappa shape index (κ1) is 31.4. The monoisotopic (exact) mass is 562 g/mol. The zero-order valence-electron chi connectivity index (χ0n) is 24.3. The van der Waals surface area contributed by atoms with Gasteiger partial charge in [0.15, 0.2) is 6.29 Å². The highest BCUT2D eigenvalue weighted by molar-refractivity contribution is 5.15. The quantitative estimate of drug-likeness (QED) is 0.162. The van der Waals surface area contributed by atoms with Crippen LogP contribution in [0.25, 0.3) is 0 Å². The van der Waals surface area contributed by atoms with Gasteiger partial charge in [0, 0.05) is 6.61 Å². The third kappa shape index (κ3) is 10.3. The van der Waals surface area contributed by atoms with E-state index in [1.165, 1.54) is 25.7 Å². The molecule has 3 aromatic carbocycles. The summed E-state index contributed by atoms with van der Waals surface area (Å²) in [6.07, 6.45) is 4.27. The van der Waals surface area contributed by atoms with Crippen LogP contribution in [0, 0.1) is 0 Å². The minimum atomic E-state index is -0.630. The van der Waals surface area contributed by atoms with Gasteiger partial charge in [-0.2, -0.15) is 0 Å². The maximum Gasteiger partial charge on any atom is 0.186 e. The Hall–Kier alpha value is -2.58. The first-order valence-corrected chi connectivity index (χ1v) is 15.1. The van der Waals surface area contributed by atoms with Gasteiger partial charge < -0.3 is 28.8 Å². The van der Waals surface area contributed by atoms with E-state index in [1.807, 2.05) is 91.0 Å². The number of aliphatic hydroxyl groups excluding tert-OH is 1. The molecular formula is C35H46O6. The Bertz CT molecular complexity index is 1060. The lowest BCUT2D eigenvalue weighted by atomic mass is 10.0. The second kappa shape index (κ2) is 18.1. The third-order valence-electron chi connectivity index (χ3n) is 7.41. The summed E-state index contributed by atoms with van der Waals surface area (Å²) in [6.45, 7) is 3.74. The van der Waals surface area contributed by atoms with Crippen molar-refractivity contribution in [2.45, 2.75) is 96.0 Å². The average molecular weight is 563 g/mol. The molecular weight excluding hydrogens is 516 g/mol. The fraction of sp³-hybridized carbons (Fsp3) is 0.486. The molecule has 6 nitrogen and oxygen atoms in total. The maximum atomic E-state index is 10.4. The second-order valence-electron chi connectivity index (χ2n) is 10.6. The molecule has 41 heavy (non-hydrogen) atoms. The zero-order chi connectivity index (χ0) is 28.5. The van der Waals surface area contributed by atoms with Crippen LogP contribution in [-0.2, 0) is 43.5 Å². The lowest BCUT2D eigenvalue weighted by Crippen LogP contribution is -2.44. The minimum absolute atomic E-state index is 0.210. The van der Waals surface area contributed by atoms with Gasteiger partial charge in [-0.25, -0.2) is 0 Å². The highest BCUT2D eigenvalue weighted by Gasteiger charge is 2.50. The molecule has 1 fully saturated rings. The van der Waals surface area contributed by atoms with Crippen molar-refractivity contribution in [1.29, 1.82) is 0 Å². The molecule has 5 atom stereocenters. The number of aliphatic hydroxyl groups is 1. The van der Waals surface area contributed by atoms with Crippen LogP contribution in [0.3, 0.4) is 0 Å². The van der Waals surface area contributed by atoms with Crippen LogP contribution in [0.4, 0.5) is 0 Å². The van der Waals surface area contributed by atoms with Gasteiger partial charge in [0.05, 0.1) is 26.4 Å². The van der Waals surface area contributed by atoms with E-state index in [1.54, 1.807) is 0 Å². The lowest BCUT2D eigenvalue weighted by molar-refractivity contribution is -0.196. The average Bonchev–Trinajstić information content (AvgIpc) is 3.37. The fourth-order valence-corrected chi connectivity index (χ4v) is 5.09. The van der Waals surface area contributed by atoms with Crippen molar-refractivity contribution in [2.75, 3.05) is 13.2 Å². The number of ether oxygens (including phenoxy) is 5. The van der Waals surface area contributed by atoms with Gasteiger partial charge in [-0.05, 0) is 23.1 Å². The van der Waals surface area contributed by atoms with Crippen molar-refractivity contribution < 1.29 is 28.8 Å². The normalized spacial score (nSPS) is 21.2. The molecule has 0 aliphatic carbocycles. The van der Waals surface area contributed by atoms with Gasteiger partial charge in [-0.1, -0.05) is 130 Å². The molecule has 0 saturated carbocycles. The number of rotatable bonds is 19. The molecule has 0 radical (unpaired) electrons. The predicted octanol–water partition coefficient (Wildman–Crippen LogP) is 6.84. The van der Waals surface area contributed by atoms with E-state index in [0.717, 1.165) is 29.5 Å². The summed E-state index contributed by atoms with van der Waals surface area (Å²) in [4.78, 5) is 0. The summed E-state index contributed by atoms with van der Waals surface area (Å²) in [7, 11) is 0. The van der Waals surface area contributed by atoms with E-state index in [-0.39, 0.29) is 6.61 Å². The largest absolute Gasteiger partial charge is 0.394 e. The van der Waals surface area contributed by atoms with Crippen molar-refractivity contribution in [3.05, 3.63) is 108 Å². The Labute approximate surface area is 245 Å². The van der Waals surface area contributed by atoms with Gasteiger partial charge >= 0.3 is 0 Å². The Morgan fingerprint density at radius 1 is 0.634 bits per heavy atom. The van der Waals surface area contributed by atoms with Crippen LogP contribution in [0.5, 0.6) is 0 Å². The maximum absolute atomic E-state index is 10.4.